The average molecular weight is 322 g/mol. The van der Waals surface area contributed by atoms with E-state index in [-0.39, 0.29) is 0 Å². The van der Waals surface area contributed by atoms with Gasteiger partial charge in [-0.05, 0) is 44.7 Å². The molecule has 2 heterocycles. The van der Waals surface area contributed by atoms with Crippen molar-refractivity contribution < 1.29 is 4.74 Å². The van der Waals surface area contributed by atoms with Gasteiger partial charge in [0, 0.05) is 19.1 Å². The van der Waals surface area contributed by atoms with E-state index in [0.29, 0.717) is 6.10 Å². The lowest BCUT2D eigenvalue weighted by molar-refractivity contribution is 0.110. The zero-order valence-electron chi connectivity index (χ0n) is 7.54. The summed E-state index contributed by atoms with van der Waals surface area (Å²) < 4.78 is 7.15. The van der Waals surface area contributed by atoms with E-state index in [4.69, 9.17) is 4.74 Å². The molecule has 5 heteroatoms. The van der Waals surface area contributed by atoms with Gasteiger partial charge in [0.25, 0.3) is 0 Å². The van der Waals surface area contributed by atoms with Crippen LogP contribution >= 0.6 is 31.9 Å². The molecule has 0 spiro atoms. The van der Waals surface area contributed by atoms with Crippen molar-refractivity contribution in [1.29, 1.82) is 0 Å². The fraction of sp³-hybridized carbons (Fsp3) is 0.556. The van der Waals surface area contributed by atoms with Crippen molar-refractivity contribution in [2.24, 2.45) is 0 Å². The SMILES string of the molecule is Brc1cc(Br)nc(CC2CCCO2)n1. The van der Waals surface area contributed by atoms with Gasteiger partial charge in [-0.2, -0.15) is 0 Å². The Kier molecular flexibility index (Phi) is 3.52. The summed E-state index contributed by atoms with van der Waals surface area (Å²) in [4.78, 5) is 8.59. The lowest BCUT2D eigenvalue weighted by Crippen LogP contribution is -2.11. The highest BCUT2D eigenvalue weighted by molar-refractivity contribution is 9.11. The van der Waals surface area contributed by atoms with Crippen molar-refractivity contribution in [3.8, 4) is 0 Å². The van der Waals surface area contributed by atoms with E-state index in [1.165, 1.54) is 0 Å². The van der Waals surface area contributed by atoms with Gasteiger partial charge in [-0.1, -0.05) is 0 Å². The van der Waals surface area contributed by atoms with Gasteiger partial charge in [-0.15, -0.1) is 0 Å². The quantitative estimate of drug-likeness (QED) is 0.786. The number of hydrogen-bond acceptors (Lipinski definition) is 3. The molecule has 1 saturated heterocycles. The highest BCUT2D eigenvalue weighted by atomic mass is 79.9. The van der Waals surface area contributed by atoms with Gasteiger partial charge in [-0.3, -0.25) is 0 Å². The monoisotopic (exact) mass is 320 g/mol. The van der Waals surface area contributed by atoms with E-state index >= 15 is 0 Å². The molecule has 0 bridgehead atoms. The fourth-order valence-electron chi connectivity index (χ4n) is 1.53. The van der Waals surface area contributed by atoms with Gasteiger partial charge < -0.3 is 4.74 Å². The van der Waals surface area contributed by atoms with Crippen LogP contribution in [-0.4, -0.2) is 22.7 Å². The normalized spacial score (nSPS) is 21.4. The molecule has 0 aromatic carbocycles. The van der Waals surface area contributed by atoms with Crippen LogP contribution in [0.2, 0.25) is 0 Å². The standard InChI is InChI=1S/C9H10Br2N2O/c10-7-5-8(11)13-9(12-7)4-6-2-1-3-14-6/h5-6H,1-4H2. The second-order valence-electron chi connectivity index (χ2n) is 3.27. The van der Waals surface area contributed by atoms with Crippen molar-refractivity contribution in [3.63, 3.8) is 0 Å². The van der Waals surface area contributed by atoms with Crippen molar-refractivity contribution in [2.75, 3.05) is 6.61 Å². The minimum Gasteiger partial charge on any atom is -0.378 e. The van der Waals surface area contributed by atoms with Crippen molar-refractivity contribution >= 4 is 31.9 Å². The molecule has 0 amide bonds. The van der Waals surface area contributed by atoms with Crippen LogP contribution in [0.5, 0.6) is 0 Å². The fourth-order valence-corrected chi connectivity index (χ4v) is 2.68. The Morgan fingerprint density at radius 2 is 2.07 bits per heavy atom. The first-order valence-corrected chi connectivity index (χ1v) is 6.13. The molecule has 76 valence electrons. The zero-order valence-corrected chi connectivity index (χ0v) is 10.7. The number of nitrogens with zero attached hydrogens (tertiary/aromatic N) is 2. The smallest absolute Gasteiger partial charge is 0.133 e. The van der Waals surface area contributed by atoms with Crippen LogP contribution in [0.4, 0.5) is 0 Å². The van der Waals surface area contributed by atoms with Crippen molar-refractivity contribution in [1.82, 2.24) is 9.97 Å². The summed E-state index contributed by atoms with van der Waals surface area (Å²) in [5.74, 6) is 0.832. The first-order chi connectivity index (χ1) is 6.74. The summed E-state index contributed by atoms with van der Waals surface area (Å²) in [6, 6.07) is 1.83. The van der Waals surface area contributed by atoms with Crippen LogP contribution in [0, 0.1) is 0 Å². The molecule has 1 fully saturated rings. The van der Waals surface area contributed by atoms with Crippen LogP contribution in [0.25, 0.3) is 0 Å². The van der Waals surface area contributed by atoms with Crippen molar-refractivity contribution in [3.05, 3.63) is 21.1 Å². The minimum atomic E-state index is 0.302. The molecule has 1 aromatic heterocycles. The molecule has 1 aliphatic rings. The van der Waals surface area contributed by atoms with E-state index in [9.17, 15) is 0 Å². The summed E-state index contributed by atoms with van der Waals surface area (Å²) in [5.41, 5.74) is 0. The molecule has 1 unspecified atom stereocenters. The highest BCUT2D eigenvalue weighted by Gasteiger charge is 2.17. The average Bonchev–Trinajstić information content (AvgIpc) is 2.54. The molecular formula is C9H10Br2N2O. The maximum Gasteiger partial charge on any atom is 0.133 e. The summed E-state index contributed by atoms with van der Waals surface area (Å²) in [6.45, 7) is 0.875. The molecule has 1 aliphatic heterocycles. The molecule has 1 aromatic rings. The van der Waals surface area contributed by atoms with Gasteiger partial charge >= 0.3 is 0 Å². The maximum atomic E-state index is 5.53. The molecule has 0 saturated carbocycles. The van der Waals surface area contributed by atoms with Crippen LogP contribution < -0.4 is 0 Å². The van der Waals surface area contributed by atoms with Crippen LogP contribution in [-0.2, 0) is 11.2 Å². The summed E-state index contributed by atoms with van der Waals surface area (Å²) in [5, 5.41) is 0. The van der Waals surface area contributed by atoms with E-state index in [2.05, 4.69) is 41.8 Å². The van der Waals surface area contributed by atoms with Crippen LogP contribution in [0.1, 0.15) is 18.7 Å². The molecule has 0 radical (unpaired) electrons. The Morgan fingerprint density at radius 3 is 2.64 bits per heavy atom. The molecule has 3 nitrogen and oxygen atoms in total. The highest BCUT2D eigenvalue weighted by Crippen LogP contribution is 2.18. The number of halogens is 2. The molecule has 14 heavy (non-hydrogen) atoms. The van der Waals surface area contributed by atoms with Crippen LogP contribution in [0.3, 0.4) is 0 Å². The number of rotatable bonds is 2. The van der Waals surface area contributed by atoms with Crippen LogP contribution in [0.15, 0.2) is 15.3 Å². The van der Waals surface area contributed by atoms with E-state index in [1.54, 1.807) is 0 Å². The Bertz CT molecular complexity index is 306. The zero-order chi connectivity index (χ0) is 9.97. The third kappa shape index (κ3) is 2.74. The van der Waals surface area contributed by atoms with E-state index in [0.717, 1.165) is 40.9 Å². The summed E-state index contributed by atoms with van der Waals surface area (Å²) >= 11 is 6.68. The molecule has 0 aliphatic carbocycles. The third-order valence-electron chi connectivity index (χ3n) is 2.14. The Balaban J connectivity index is 2.07. The Morgan fingerprint density at radius 1 is 1.36 bits per heavy atom. The molecule has 2 rings (SSSR count). The maximum absolute atomic E-state index is 5.53. The summed E-state index contributed by atoms with van der Waals surface area (Å²) in [7, 11) is 0. The minimum absolute atomic E-state index is 0.302. The van der Waals surface area contributed by atoms with Gasteiger partial charge in [0.05, 0.1) is 6.10 Å². The largest absolute Gasteiger partial charge is 0.378 e. The van der Waals surface area contributed by atoms with Crippen molar-refractivity contribution in [2.45, 2.75) is 25.4 Å². The van der Waals surface area contributed by atoms with E-state index < -0.39 is 0 Å². The topological polar surface area (TPSA) is 35.0 Å². The first-order valence-electron chi connectivity index (χ1n) is 4.54. The van der Waals surface area contributed by atoms with Gasteiger partial charge in [0.15, 0.2) is 0 Å². The summed E-state index contributed by atoms with van der Waals surface area (Å²) in [6.07, 6.45) is 3.38. The van der Waals surface area contributed by atoms with Gasteiger partial charge in [0.1, 0.15) is 15.0 Å². The lowest BCUT2D eigenvalue weighted by atomic mass is 10.2. The number of hydrogen-bond donors (Lipinski definition) is 0. The predicted octanol–water partition coefficient (Wildman–Crippen LogP) is 2.72. The molecular weight excluding hydrogens is 312 g/mol. The predicted molar refractivity (Wildman–Crippen MR) is 60.1 cm³/mol. The third-order valence-corrected chi connectivity index (χ3v) is 2.96. The first kappa shape index (κ1) is 10.5. The Hall–Kier alpha value is -0.0000000000000000833. The number of aromatic nitrogens is 2. The number of ether oxygens (including phenoxy) is 1. The Labute approximate surface area is 99.5 Å². The molecule has 1 atom stereocenters. The van der Waals surface area contributed by atoms with E-state index in [1.807, 2.05) is 6.07 Å². The second kappa shape index (κ2) is 4.68. The second-order valence-corrected chi connectivity index (χ2v) is 4.89. The molecule has 0 N–H and O–H groups in total. The van der Waals surface area contributed by atoms with Gasteiger partial charge in [-0.25, -0.2) is 9.97 Å². The van der Waals surface area contributed by atoms with Gasteiger partial charge in [0.2, 0.25) is 0 Å². The lowest BCUT2D eigenvalue weighted by Gasteiger charge is -2.07.